The lowest BCUT2D eigenvalue weighted by Crippen LogP contribution is -2.59. The highest BCUT2D eigenvalue weighted by Gasteiger charge is 2.41. The molecule has 1 aromatic carbocycles. The van der Waals surface area contributed by atoms with Crippen molar-refractivity contribution in [2.45, 2.75) is 58.7 Å². The van der Waals surface area contributed by atoms with E-state index in [9.17, 15) is 9.90 Å². The first-order valence-corrected chi connectivity index (χ1v) is 10.9. The maximum atomic E-state index is 13.4. The SMILES string of the molecule is CCC1CN(C(=O)C2(C)CCN(Cc3ccccc3)CC2)CCN1CC(C)O. The van der Waals surface area contributed by atoms with Crippen molar-refractivity contribution in [3.8, 4) is 0 Å². The van der Waals surface area contributed by atoms with Crippen LogP contribution in [0.2, 0.25) is 0 Å². The van der Waals surface area contributed by atoms with Gasteiger partial charge in [0.1, 0.15) is 0 Å². The number of likely N-dealkylation sites (tertiary alicyclic amines) is 1. The second kappa shape index (κ2) is 9.38. The van der Waals surface area contributed by atoms with Crippen LogP contribution in [0.3, 0.4) is 0 Å². The monoisotopic (exact) mass is 387 g/mol. The molecular weight excluding hydrogens is 350 g/mol. The quantitative estimate of drug-likeness (QED) is 0.815. The first-order chi connectivity index (χ1) is 13.4. The predicted octanol–water partition coefficient (Wildman–Crippen LogP) is 2.59. The fourth-order valence-electron chi connectivity index (χ4n) is 4.69. The molecule has 3 rings (SSSR count). The molecule has 156 valence electrons. The molecule has 2 atom stereocenters. The number of nitrogens with zero attached hydrogens (tertiary/aromatic N) is 3. The van der Waals surface area contributed by atoms with Gasteiger partial charge in [0.25, 0.3) is 0 Å². The molecule has 2 aliphatic heterocycles. The minimum atomic E-state index is -0.317. The number of benzene rings is 1. The van der Waals surface area contributed by atoms with Crippen LogP contribution in [0.5, 0.6) is 0 Å². The molecule has 0 aromatic heterocycles. The number of hydrogen-bond donors (Lipinski definition) is 1. The zero-order valence-electron chi connectivity index (χ0n) is 17.8. The van der Waals surface area contributed by atoms with Gasteiger partial charge in [0, 0.05) is 44.2 Å². The Morgan fingerprint density at radius 3 is 2.46 bits per heavy atom. The van der Waals surface area contributed by atoms with Gasteiger partial charge in [0.15, 0.2) is 0 Å². The van der Waals surface area contributed by atoms with Crippen molar-refractivity contribution >= 4 is 5.91 Å². The smallest absolute Gasteiger partial charge is 0.228 e. The summed E-state index contributed by atoms with van der Waals surface area (Å²) in [5, 5.41) is 9.74. The zero-order chi connectivity index (χ0) is 20.1. The molecule has 1 amide bonds. The van der Waals surface area contributed by atoms with Crippen molar-refractivity contribution in [3.05, 3.63) is 35.9 Å². The zero-order valence-corrected chi connectivity index (χ0v) is 17.8. The van der Waals surface area contributed by atoms with Crippen molar-refractivity contribution in [2.24, 2.45) is 5.41 Å². The van der Waals surface area contributed by atoms with E-state index < -0.39 is 0 Å². The highest BCUT2D eigenvalue weighted by atomic mass is 16.3. The maximum Gasteiger partial charge on any atom is 0.228 e. The van der Waals surface area contributed by atoms with Gasteiger partial charge in [0.05, 0.1) is 6.10 Å². The fraction of sp³-hybridized carbons (Fsp3) is 0.696. The van der Waals surface area contributed by atoms with Crippen LogP contribution in [-0.2, 0) is 11.3 Å². The lowest BCUT2D eigenvalue weighted by molar-refractivity contribution is -0.147. The molecule has 5 heteroatoms. The highest BCUT2D eigenvalue weighted by Crippen LogP contribution is 2.34. The summed E-state index contributed by atoms with van der Waals surface area (Å²) in [7, 11) is 0. The number of amides is 1. The summed E-state index contributed by atoms with van der Waals surface area (Å²) in [4.78, 5) is 20.3. The van der Waals surface area contributed by atoms with Gasteiger partial charge in [-0.1, -0.05) is 44.2 Å². The Morgan fingerprint density at radius 1 is 1.18 bits per heavy atom. The van der Waals surface area contributed by atoms with Crippen LogP contribution < -0.4 is 0 Å². The number of aliphatic hydroxyl groups is 1. The van der Waals surface area contributed by atoms with Crippen LogP contribution in [0, 0.1) is 5.41 Å². The molecule has 2 saturated heterocycles. The summed E-state index contributed by atoms with van der Waals surface area (Å²) in [6.45, 7) is 12.3. The molecule has 2 heterocycles. The number of carbonyl (C=O) groups is 1. The van der Waals surface area contributed by atoms with Crippen molar-refractivity contribution in [3.63, 3.8) is 0 Å². The number of carbonyl (C=O) groups excluding carboxylic acids is 1. The van der Waals surface area contributed by atoms with Gasteiger partial charge < -0.3 is 10.0 Å². The Labute approximate surface area is 170 Å². The number of piperazine rings is 1. The Hall–Kier alpha value is -1.43. The van der Waals surface area contributed by atoms with E-state index in [2.05, 4.69) is 58.9 Å². The molecule has 2 fully saturated rings. The lowest BCUT2D eigenvalue weighted by atomic mass is 9.78. The number of β-amino-alcohol motifs (C(OH)–C–C–N with tert-alkyl or cyclic N) is 1. The van der Waals surface area contributed by atoms with Crippen LogP contribution in [0.25, 0.3) is 0 Å². The molecule has 28 heavy (non-hydrogen) atoms. The second-order valence-corrected chi connectivity index (χ2v) is 8.98. The van der Waals surface area contributed by atoms with E-state index in [4.69, 9.17) is 0 Å². The summed E-state index contributed by atoms with van der Waals surface area (Å²) < 4.78 is 0. The van der Waals surface area contributed by atoms with Gasteiger partial charge in [-0.15, -0.1) is 0 Å². The van der Waals surface area contributed by atoms with Crippen LogP contribution in [-0.4, -0.2) is 77.1 Å². The van der Waals surface area contributed by atoms with E-state index in [0.717, 1.165) is 58.5 Å². The average Bonchev–Trinajstić information content (AvgIpc) is 2.70. The number of rotatable bonds is 6. The van der Waals surface area contributed by atoms with Crippen LogP contribution >= 0.6 is 0 Å². The van der Waals surface area contributed by atoms with Gasteiger partial charge >= 0.3 is 0 Å². The summed E-state index contributed by atoms with van der Waals surface area (Å²) in [6.07, 6.45) is 2.56. The molecule has 0 saturated carbocycles. The third kappa shape index (κ3) is 5.13. The summed E-state index contributed by atoms with van der Waals surface area (Å²) in [5.74, 6) is 0.335. The van der Waals surface area contributed by atoms with E-state index in [1.807, 2.05) is 6.92 Å². The number of piperidine rings is 1. The summed E-state index contributed by atoms with van der Waals surface area (Å²) in [6, 6.07) is 10.9. The topological polar surface area (TPSA) is 47.0 Å². The number of aliphatic hydroxyl groups excluding tert-OH is 1. The first kappa shape index (κ1) is 21.3. The van der Waals surface area contributed by atoms with Gasteiger partial charge in [-0.2, -0.15) is 0 Å². The molecule has 0 aliphatic carbocycles. The summed E-state index contributed by atoms with van der Waals surface area (Å²) in [5.41, 5.74) is 1.11. The van der Waals surface area contributed by atoms with Crippen LogP contribution in [0.15, 0.2) is 30.3 Å². The molecule has 1 N–H and O–H groups in total. The average molecular weight is 388 g/mol. The first-order valence-electron chi connectivity index (χ1n) is 10.9. The Morgan fingerprint density at radius 2 is 1.86 bits per heavy atom. The largest absolute Gasteiger partial charge is 0.392 e. The predicted molar refractivity (Wildman–Crippen MR) is 113 cm³/mol. The molecule has 0 bridgehead atoms. The highest BCUT2D eigenvalue weighted by molar-refractivity contribution is 5.82. The van der Waals surface area contributed by atoms with Gasteiger partial charge in [-0.3, -0.25) is 14.6 Å². The Bertz CT molecular complexity index is 626. The Kier molecular flexibility index (Phi) is 7.13. The molecule has 0 spiro atoms. The third-order valence-corrected chi connectivity index (χ3v) is 6.59. The summed E-state index contributed by atoms with van der Waals surface area (Å²) >= 11 is 0. The van der Waals surface area contributed by atoms with Crippen LogP contribution in [0.1, 0.15) is 45.6 Å². The van der Waals surface area contributed by atoms with Gasteiger partial charge in [-0.05, 0) is 44.8 Å². The van der Waals surface area contributed by atoms with E-state index in [0.29, 0.717) is 18.5 Å². The number of hydrogen-bond acceptors (Lipinski definition) is 4. The minimum absolute atomic E-state index is 0.238. The molecule has 2 unspecified atom stereocenters. The van der Waals surface area contributed by atoms with E-state index in [1.165, 1.54) is 5.56 Å². The third-order valence-electron chi connectivity index (χ3n) is 6.59. The standard InChI is InChI=1S/C23H37N3O2/c1-4-21-18-26(15-14-25(21)16-19(2)27)22(28)23(3)10-12-24(13-11-23)17-20-8-6-5-7-9-20/h5-9,19,21,27H,4,10-18H2,1-3H3. The second-order valence-electron chi connectivity index (χ2n) is 8.98. The minimum Gasteiger partial charge on any atom is -0.392 e. The molecule has 2 aliphatic rings. The van der Waals surface area contributed by atoms with Crippen molar-refractivity contribution in [1.29, 1.82) is 0 Å². The van der Waals surface area contributed by atoms with Crippen molar-refractivity contribution in [2.75, 3.05) is 39.3 Å². The van der Waals surface area contributed by atoms with Crippen molar-refractivity contribution in [1.82, 2.24) is 14.7 Å². The van der Waals surface area contributed by atoms with Crippen LogP contribution in [0.4, 0.5) is 0 Å². The van der Waals surface area contributed by atoms with E-state index >= 15 is 0 Å². The fourth-order valence-corrected chi connectivity index (χ4v) is 4.69. The molecular formula is C23H37N3O2. The normalized spacial score (nSPS) is 24.9. The van der Waals surface area contributed by atoms with Gasteiger partial charge in [0.2, 0.25) is 5.91 Å². The van der Waals surface area contributed by atoms with Crippen molar-refractivity contribution < 1.29 is 9.90 Å². The molecule has 5 nitrogen and oxygen atoms in total. The van der Waals surface area contributed by atoms with E-state index in [-0.39, 0.29) is 11.5 Å². The molecule has 0 radical (unpaired) electrons. The van der Waals surface area contributed by atoms with Gasteiger partial charge in [-0.25, -0.2) is 0 Å². The van der Waals surface area contributed by atoms with E-state index in [1.54, 1.807) is 0 Å². The lowest BCUT2D eigenvalue weighted by Gasteiger charge is -2.46. The molecule has 1 aromatic rings. The maximum absolute atomic E-state index is 13.4. The Balaban J connectivity index is 1.54.